The van der Waals surface area contributed by atoms with Crippen LogP contribution in [0.5, 0.6) is 5.75 Å². The Balaban J connectivity index is 1.54. The number of aromatic nitrogens is 2. The van der Waals surface area contributed by atoms with E-state index in [9.17, 15) is 13.2 Å². The topological polar surface area (TPSA) is 92.7 Å². The molecule has 8 nitrogen and oxygen atoms in total. The molecule has 1 aliphatic rings. The summed E-state index contributed by atoms with van der Waals surface area (Å²) >= 11 is 2.54. The van der Waals surface area contributed by atoms with Gasteiger partial charge in [-0.05, 0) is 54.6 Å². The van der Waals surface area contributed by atoms with Crippen molar-refractivity contribution in [2.75, 3.05) is 18.6 Å². The van der Waals surface area contributed by atoms with Crippen LogP contribution in [0.2, 0.25) is 0 Å². The number of anilines is 1. The van der Waals surface area contributed by atoms with Crippen LogP contribution in [-0.4, -0.2) is 48.3 Å². The van der Waals surface area contributed by atoms with Crippen molar-refractivity contribution in [2.24, 2.45) is 0 Å². The number of hydrogen-bond donors (Lipinski definition) is 0. The molecule has 3 aromatic heterocycles. The lowest BCUT2D eigenvalue weighted by Crippen LogP contribution is -2.52. The summed E-state index contributed by atoms with van der Waals surface area (Å²) in [5.41, 5.74) is 1.44. The fourth-order valence-electron chi connectivity index (χ4n) is 4.17. The number of fused-ring (bicyclic) bond motifs is 1. The summed E-state index contributed by atoms with van der Waals surface area (Å²) in [6.45, 7) is 0.505. The zero-order valence-electron chi connectivity index (χ0n) is 19.0. The van der Waals surface area contributed by atoms with Gasteiger partial charge in [0.15, 0.2) is 5.13 Å². The van der Waals surface area contributed by atoms with Crippen LogP contribution in [0, 0.1) is 0 Å². The molecule has 0 N–H and O–H groups in total. The fraction of sp³-hybridized carbons (Fsp3) is 0.292. The van der Waals surface area contributed by atoms with E-state index in [-0.39, 0.29) is 16.7 Å². The van der Waals surface area contributed by atoms with Crippen molar-refractivity contribution in [1.82, 2.24) is 14.3 Å². The van der Waals surface area contributed by atoms with Gasteiger partial charge in [0.2, 0.25) is 5.91 Å². The second kappa shape index (κ2) is 10.0. The Morgan fingerprint density at radius 3 is 2.83 bits per heavy atom. The summed E-state index contributed by atoms with van der Waals surface area (Å²) in [6, 6.07) is 13.6. The number of hydrogen-bond acceptors (Lipinski definition) is 8. The molecule has 182 valence electrons. The number of piperidine rings is 1. The molecule has 1 fully saturated rings. The second-order valence-electron chi connectivity index (χ2n) is 8.13. The normalized spacial score (nSPS) is 16.9. The highest BCUT2D eigenvalue weighted by molar-refractivity contribution is 7.91. The third-order valence-electron chi connectivity index (χ3n) is 5.92. The number of pyridine rings is 1. The van der Waals surface area contributed by atoms with E-state index in [2.05, 4.69) is 4.98 Å². The Morgan fingerprint density at radius 1 is 1.20 bits per heavy atom. The van der Waals surface area contributed by atoms with E-state index in [0.29, 0.717) is 29.5 Å². The maximum atomic E-state index is 14.1. The number of benzene rings is 1. The Morgan fingerprint density at radius 2 is 2.09 bits per heavy atom. The first-order valence-electron chi connectivity index (χ1n) is 11.2. The summed E-state index contributed by atoms with van der Waals surface area (Å²) in [5.74, 6) is 0.414. The van der Waals surface area contributed by atoms with E-state index >= 15 is 0 Å². The number of rotatable bonds is 7. The van der Waals surface area contributed by atoms with Gasteiger partial charge in [0.1, 0.15) is 16.0 Å². The fourth-order valence-corrected chi connectivity index (χ4v) is 7.94. The minimum absolute atomic E-state index is 0.194. The molecule has 0 bridgehead atoms. The number of methoxy groups -OCH3 is 1. The van der Waals surface area contributed by atoms with Crippen LogP contribution in [0.15, 0.2) is 64.3 Å². The summed E-state index contributed by atoms with van der Waals surface area (Å²) in [5, 5.41) is 2.24. The molecular formula is C24H24N4O4S3. The van der Waals surface area contributed by atoms with Crippen LogP contribution in [0.25, 0.3) is 10.2 Å². The standard InChI is InChI=1S/C24H24N4O4S3/c1-32-18-10-11-19-21(15-18)34-24(26-19)27(16-17-7-2-4-12-25-17)23(29)20-8-3-5-13-28(20)35(30,31)22-9-6-14-33-22/h2,4,6-7,9-12,14-15,20H,3,5,8,13,16H2,1H3. The number of carbonyl (C=O) groups excluding carboxylic acids is 1. The van der Waals surface area contributed by atoms with E-state index in [1.165, 1.54) is 15.6 Å². The van der Waals surface area contributed by atoms with Crippen molar-refractivity contribution in [3.05, 3.63) is 65.8 Å². The highest BCUT2D eigenvalue weighted by Crippen LogP contribution is 2.35. The minimum Gasteiger partial charge on any atom is -0.497 e. The molecule has 35 heavy (non-hydrogen) atoms. The van der Waals surface area contributed by atoms with E-state index in [0.717, 1.165) is 34.4 Å². The highest BCUT2D eigenvalue weighted by Gasteiger charge is 2.41. The van der Waals surface area contributed by atoms with E-state index < -0.39 is 16.1 Å². The Labute approximate surface area is 211 Å². The third-order valence-corrected chi connectivity index (χ3v) is 10.2. The molecule has 4 aromatic rings. The molecule has 1 unspecified atom stereocenters. The van der Waals surface area contributed by atoms with Crippen LogP contribution < -0.4 is 9.64 Å². The van der Waals surface area contributed by atoms with Crippen molar-refractivity contribution >= 4 is 54.0 Å². The van der Waals surface area contributed by atoms with Gasteiger partial charge in [-0.15, -0.1) is 11.3 Å². The zero-order valence-corrected chi connectivity index (χ0v) is 21.5. The predicted molar refractivity (Wildman–Crippen MR) is 137 cm³/mol. The van der Waals surface area contributed by atoms with Gasteiger partial charge in [0, 0.05) is 12.7 Å². The monoisotopic (exact) mass is 528 g/mol. The largest absolute Gasteiger partial charge is 0.497 e. The lowest BCUT2D eigenvalue weighted by molar-refractivity contribution is -0.123. The van der Waals surface area contributed by atoms with Crippen molar-refractivity contribution in [3.63, 3.8) is 0 Å². The van der Waals surface area contributed by atoms with E-state index in [1.807, 2.05) is 36.4 Å². The molecule has 1 amide bonds. The molecule has 1 saturated heterocycles. The van der Waals surface area contributed by atoms with Gasteiger partial charge in [-0.25, -0.2) is 13.4 Å². The molecule has 1 aliphatic heterocycles. The molecule has 0 aliphatic carbocycles. The zero-order chi connectivity index (χ0) is 24.4. The van der Waals surface area contributed by atoms with E-state index in [4.69, 9.17) is 9.72 Å². The molecule has 0 saturated carbocycles. The lowest BCUT2D eigenvalue weighted by atomic mass is 10.0. The molecule has 1 aromatic carbocycles. The molecule has 11 heteroatoms. The van der Waals surface area contributed by atoms with E-state index in [1.54, 1.807) is 35.7 Å². The number of thiophene rings is 1. The molecule has 4 heterocycles. The minimum atomic E-state index is -3.78. The highest BCUT2D eigenvalue weighted by atomic mass is 32.2. The van der Waals surface area contributed by atoms with Crippen LogP contribution in [0.4, 0.5) is 5.13 Å². The summed E-state index contributed by atoms with van der Waals surface area (Å²) < 4.78 is 34.7. The van der Waals surface area contributed by atoms with Gasteiger partial charge in [0.25, 0.3) is 10.0 Å². The predicted octanol–water partition coefficient (Wildman–Crippen LogP) is 4.54. The van der Waals surface area contributed by atoms with Gasteiger partial charge < -0.3 is 4.74 Å². The van der Waals surface area contributed by atoms with Crippen LogP contribution >= 0.6 is 22.7 Å². The number of nitrogens with zero attached hydrogens (tertiary/aromatic N) is 4. The summed E-state index contributed by atoms with van der Waals surface area (Å²) in [4.78, 5) is 24.7. The number of sulfonamides is 1. The average Bonchev–Trinajstić information content (AvgIpc) is 3.58. The number of ether oxygens (including phenoxy) is 1. The number of carbonyl (C=O) groups is 1. The number of amides is 1. The molecule has 0 radical (unpaired) electrons. The Bertz CT molecular complexity index is 1420. The van der Waals surface area contributed by atoms with Crippen LogP contribution in [0.1, 0.15) is 25.0 Å². The van der Waals surface area contributed by atoms with Gasteiger partial charge >= 0.3 is 0 Å². The molecule has 5 rings (SSSR count). The molecule has 0 spiro atoms. The molecule has 1 atom stereocenters. The van der Waals surface area contributed by atoms with Gasteiger partial charge in [-0.2, -0.15) is 4.31 Å². The second-order valence-corrected chi connectivity index (χ2v) is 12.2. The van der Waals surface area contributed by atoms with Gasteiger partial charge in [-0.3, -0.25) is 14.7 Å². The third kappa shape index (κ3) is 4.81. The maximum absolute atomic E-state index is 14.1. The van der Waals surface area contributed by atoms with Crippen molar-refractivity contribution in [1.29, 1.82) is 0 Å². The van der Waals surface area contributed by atoms with Gasteiger partial charge in [-0.1, -0.05) is 29.9 Å². The van der Waals surface area contributed by atoms with Crippen molar-refractivity contribution < 1.29 is 17.9 Å². The number of thiazole rings is 1. The first-order chi connectivity index (χ1) is 17.0. The smallest absolute Gasteiger partial charge is 0.253 e. The first-order valence-corrected chi connectivity index (χ1v) is 14.3. The Kier molecular flexibility index (Phi) is 6.83. The maximum Gasteiger partial charge on any atom is 0.253 e. The summed E-state index contributed by atoms with van der Waals surface area (Å²) in [6.07, 6.45) is 3.63. The first kappa shape index (κ1) is 23.9. The average molecular weight is 529 g/mol. The SMILES string of the molecule is COc1ccc2nc(N(Cc3ccccn3)C(=O)C3CCCCN3S(=O)(=O)c3cccs3)sc2c1. The van der Waals surface area contributed by atoms with Crippen molar-refractivity contribution in [2.45, 2.75) is 36.1 Å². The Hall–Kier alpha value is -2.86. The van der Waals surface area contributed by atoms with Gasteiger partial charge in [0.05, 0.1) is 29.6 Å². The lowest BCUT2D eigenvalue weighted by Gasteiger charge is -2.35. The summed E-state index contributed by atoms with van der Waals surface area (Å²) in [7, 11) is -2.18. The molecular weight excluding hydrogens is 504 g/mol. The van der Waals surface area contributed by atoms with Crippen LogP contribution in [-0.2, 0) is 21.4 Å². The quantitative estimate of drug-likeness (QED) is 0.350. The van der Waals surface area contributed by atoms with Crippen LogP contribution in [0.3, 0.4) is 0 Å². The van der Waals surface area contributed by atoms with Crippen molar-refractivity contribution in [3.8, 4) is 5.75 Å².